The van der Waals surface area contributed by atoms with Gasteiger partial charge < -0.3 is 15.4 Å². The number of carbonyl (C=O) groups is 4. The van der Waals surface area contributed by atoms with E-state index in [1.54, 1.807) is 12.1 Å². The zero-order valence-corrected chi connectivity index (χ0v) is 16.5. The van der Waals surface area contributed by atoms with Crippen LogP contribution in [-0.4, -0.2) is 47.5 Å². The Bertz CT molecular complexity index is 1100. The van der Waals surface area contributed by atoms with Gasteiger partial charge in [-0.2, -0.15) is 0 Å². The molecule has 2 aliphatic heterocycles. The van der Waals surface area contributed by atoms with Gasteiger partial charge in [0.1, 0.15) is 18.2 Å². The van der Waals surface area contributed by atoms with Gasteiger partial charge in [0, 0.05) is 18.5 Å². The van der Waals surface area contributed by atoms with Gasteiger partial charge in [-0.25, -0.2) is 9.59 Å². The highest BCUT2D eigenvalue weighted by atomic mass is 16.6. The summed E-state index contributed by atoms with van der Waals surface area (Å²) in [4.78, 5) is 49.8. The SMILES string of the molecule is O=C(CN1CC(c2ccccc2)OC1=O)Nc1ccc2c(c1)CC1(C2)NC(=O)NC1=O. The second-order valence-electron chi connectivity index (χ2n) is 8.04. The molecule has 9 heteroatoms. The van der Waals surface area contributed by atoms with Crippen molar-refractivity contribution in [1.82, 2.24) is 15.5 Å². The number of nitrogens with zero attached hydrogens (tertiary/aromatic N) is 1. The number of ether oxygens (including phenoxy) is 1. The Morgan fingerprint density at radius 1 is 1.10 bits per heavy atom. The third-order valence-corrected chi connectivity index (χ3v) is 5.88. The molecule has 0 radical (unpaired) electrons. The van der Waals surface area contributed by atoms with Crippen molar-refractivity contribution in [2.75, 3.05) is 18.4 Å². The summed E-state index contributed by atoms with van der Waals surface area (Å²) in [6.45, 7) is 0.180. The Hall–Kier alpha value is -3.88. The van der Waals surface area contributed by atoms with E-state index in [0.29, 0.717) is 25.1 Å². The average Bonchev–Trinajstić information content (AvgIpc) is 3.37. The molecule has 31 heavy (non-hydrogen) atoms. The topological polar surface area (TPSA) is 117 Å². The largest absolute Gasteiger partial charge is 0.439 e. The monoisotopic (exact) mass is 420 g/mol. The molecule has 1 spiro atoms. The minimum absolute atomic E-state index is 0.123. The first-order valence-electron chi connectivity index (χ1n) is 9.98. The Morgan fingerprint density at radius 2 is 1.87 bits per heavy atom. The molecule has 0 bridgehead atoms. The van der Waals surface area contributed by atoms with Crippen LogP contribution < -0.4 is 16.0 Å². The molecular weight excluding hydrogens is 400 g/mol. The molecule has 2 atom stereocenters. The van der Waals surface area contributed by atoms with E-state index in [4.69, 9.17) is 4.74 Å². The number of hydrogen-bond donors (Lipinski definition) is 3. The molecule has 2 saturated heterocycles. The standard InChI is InChI=1S/C22H20N4O5/c27-18(12-26-11-17(31-21(26)30)13-4-2-1-3-5-13)23-16-7-6-14-9-22(10-15(14)8-16)19(28)24-20(29)25-22/h1-8,17H,9-12H2,(H,23,27)(H2,24,25,28,29). The zero-order chi connectivity index (χ0) is 21.6. The van der Waals surface area contributed by atoms with Crippen LogP contribution in [0.3, 0.4) is 0 Å². The number of nitrogens with one attached hydrogen (secondary N) is 3. The molecule has 1 aliphatic carbocycles. The Morgan fingerprint density at radius 3 is 2.61 bits per heavy atom. The number of cyclic esters (lactones) is 1. The van der Waals surface area contributed by atoms with E-state index < -0.39 is 23.8 Å². The van der Waals surface area contributed by atoms with Crippen molar-refractivity contribution >= 4 is 29.6 Å². The normalized spacial score (nSPS) is 24.1. The molecule has 2 unspecified atom stereocenters. The van der Waals surface area contributed by atoms with Gasteiger partial charge in [0.05, 0.1) is 6.54 Å². The van der Waals surface area contributed by atoms with E-state index in [9.17, 15) is 19.2 Å². The van der Waals surface area contributed by atoms with Gasteiger partial charge in [-0.05, 0) is 28.8 Å². The first-order chi connectivity index (χ1) is 14.9. The lowest BCUT2D eigenvalue weighted by Crippen LogP contribution is -2.47. The lowest BCUT2D eigenvalue weighted by Gasteiger charge is -2.18. The summed E-state index contributed by atoms with van der Waals surface area (Å²) in [7, 11) is 0. The summed E-state index contributed by atoms with van der Waals surface area (Å²) < 4.78 is 5.38. The van der Waals surface area contributed by atoms with Crippen LogP contribution >= 0.6 is 0 Å². The molecule has 5 rings (SSSR count). The maximum absolute atomic E-state index is 12.5. The van der Waals surface area contributed by atoms with E-state index >= 15 is 0 Å². The van der Waals surface area contributed by atoms with Crippen molar-refractivity contribution in [3.8, 4) is 0 Å². The quantitative estimate of drug-likeness (QED) is 0.648. The molecule has 0 saturated carbocycles. The molecule has 2 aromatic rings. The minimum Gasteiger partial charge on any atom is -0.439 e. The van der Waals surface area contributed by atoms with Crippen LogP contribution in [0, 0.1) is 0 Å². The van der Waals surface area contributed by atoms with Crippen LogP contribution in [0.25, 0.3) is 0 Å². The number of rotatable bonds is 4. The summed E-state index contributed by atoms with van der Waals surface area (Å²) >= 11 is 0. The minimum atomic E-state index is -0.951. The Balaban J connectivity index is 1.22. The van der Waals surface area contributed by atoms with E-state index in [1.165, 1.54) is 4.90 Å². The number of urea groups is 1. The fourth-order valence-corrected chi connectivity index (χ4v) is 4.38. The molecule has 0 aromatic heterocycles. The summed E-state index contributed by atoms with van der Waals surface area (Å²) in [5.41, 5.74) is 2.34. The molecule has 2 fully saturated rings. The van der Waals surface area contributed by atoms with Crippen molar-refractivity contribution in [3.05, 3.63) is 65.2 Å². The van der Waals surface area contributed by atoms with Crippen molar-refractivity contribution in [3.63, 3.8) is 0 Å². The molecular formula is C22H20N4O5. The van der Waals surface area contributed by atoms with Crippen molar-refractivity contribution < 1.29 is 23.9 Å². The van der Waals surface area contributed by atoms with Crippen LogP contribution in [0.2, 0.25) is 0 Å². The van der Waals surface area contributed by atoms with Gasteiger partial charge in [0.2, 0.25) is 5.91 Å². The number of hydrogen-bond acceptors (Lipinski definition) is 5. The van der Waals surface area contributed by atoms with Crippen LogP contribution in [0.1, 0.15) is 22.8 Å². The fraction of sp³-hybridized carbons (Fsp3) is 0.273. The van der Waals surface area contributed by atoms with Gasteiger partial charge in [0.15, 0.2) is 0 Å². The number of benzene rings is 2. The molecule has 2 heterocycles. The Kier molecular flexibility index (Phi) is 4.39. The predicted molar refractivity (Wildman–Crippen MR) is 109 cm³/mol. The summed E-state index contributed by atoms with van der Waals surface area (Å²) in [5.74, 6) is -0.676. The van der Waals surface area contributed by atoms with Crippen LogP contribution in [0.4, 0.5) is 15.3 Å². The fourth-order valence-electron chi connectivity index (χ4n) is 4.38. The number of imide groups is 1. The van der Waals surface area contributed by atoms with Crippen molar-refractivity contribution in [2.24, 2.45) is 0 Å². The zero-order valence-electron chi connectivity index (χ0n) is 16.5. The molecule has 5 amide bonds. The summed E-state index contributed by atoms with van der Waals surface area (Å²) in [6.07, 6.45) is -0.150. The van der Waals surface area contributed by atoms with Crippen LogP contribution in [0.5, 0.6) is 0 Å². The second-order valence-corrected chi connectivity index (χ2v) is 8.04. The van der Waals surface area contributed by atoms with E-state index in [2.05, 4.69) is 16.0 Å². The highest BCUT2D eigenvalue weighted by Gasteiger charge is 2.50. The molecule has 2 aromatic carbocycles. The van der Waals surface area contributed by atoms with Gasteiger partial charge in [-0.15, -0.1) is 0 Å². The lowest BCUT2D eigenvalue weighted by atomic mass is 9.96. The molecule has 3 N–H and O–H groups in total. The number of carbonyl (C=O) groups excluding carboxylic acids is 4. The number of fused-ring (bicyclic) bond motifs is 1. The van der Waals surface area contributed by atoms with Crippen molar-refractivity contribution in [2.45, 2.75) is 24.5 Å². The molecule has 3 aliphatic rings. The van der Waals surface area contributed by atoms with E-state index in [-0.39, 0.29) is 18.4 Å². The smallest absolute Gasteiger partial charge is 0.411 e. The summed E-state index contributed by atoms with van der Waals surface area (Å²) in [5, 5.41) is 7.79. The molecule has 9 nitrogen and oxygen atoms in total. The van der Waals surface area contributed by atoms with Crippen LogP contribution in [0.15, 0.2) is 48.5 Å². The Labute approximate surface area is 177 Å². The van der Waals surface area contributed by atoms with Gasteiger partial charge in [-0.3, -0.25) is 19.8 Å². The third kappa shape index (κ3) is 3.48. The van der Waals surface area contributed by atoms with E-state index in [1.807, 2.05) is 36.4 Å². The molecule has 158 valence electrons. The first kappa shape index (κ1) is 19.1. The van der Waals surface area contributed by atoms with Gasteiger partial charge in [0.25, 0.3) is 5.91 Å². The van der Waals surface area contributed by atoms with Gasteiger partial charge in [-0.1, -0.05) is 36.4 Å². The predicted octanol–water partition coefficient (Wildman–Crippen LogP) is 1.50. The van der Waals surface area contributed by atoms with Crippen LogP contribution in [-0.2, 0) is 27.2 Å². The number of anilines is 1. The summed E-state index contributed by atoms with van der Waals surface area (Å²) in [6, 6.07) is 14.3. The highest BCUT2D eigenvalue weighted by Crippen LogP contribution is 2.34. The average molecular weight is 420 g/mol. The highest BCUT2D eigenvalue weighted by molar-refractivity contribution is 6.08. The maximum Gasteiger partial charge on any atom is 0.411 e. The van der Waals surface area contributed by atoms with E-state index in [0.717, 1.165) is 16.7 Å². The van der Waals surface area contributed by atoms with Gasteiger partial charge >= 0.3 is 12.1 Å². The number of amides is 5. The second kappa shape index (κ2) is 7.12. The maximum atomic E-state index is 12.5. The third-order valence-electron chi connectivity index (χ3n) is 5.88. The lowest BCUT2D eigenvalue weighted by molar-refractivity contribution is -0.123. The first-order valence-corrected chi connectivity index (χ1v) is 9.98. The van der Waals surface area contributed by atoms with Crippen molar-refractivity contribution in [1.29, 1.82) is 0 Å².